The van der Waals surface area contributed by atoms with Crippen molar-refractivity contribution >= 4 is 43.1 Å². The van der Waals surface area contributed by atoms with E-state index in [0.717, 1.165) is 105 Å². The second kappa shape index (κ2) is 31.7. The number of halogens is 1. The summed E-state index contributed by atoms with van der Waals surface area (Å²) in [5.41, 5.74) is 32.3. The maximum Gasteiger partial charge on any atom is 0.220 e. The minimum absolute atomic E-state index is 0.218. The molecule has 16 rings (SSSR count). The predicted molar refractivity (Wildman–Crippen MR) is 455 cm³/mol. The van der Waals surface area contributed by atoms with Crippen LogP contribution in [0.2, 0.25) is 0 Å². The van der Waals surface area contributed by atoms with E-state index in [4.69, 9.17) is 6.85 Å². The van der Waals surface area contributed by atoms with Crippen molar-refractivity contribution in [3.8, 4) is 89.5 Å². The molecule has 0 spiro atoms. The minimum Gasteiger partial charge on any atom is -0.206 e. The molecule has 0 radical (unpaired) electrons. The van der Waals surface area contributed by atoms with Gasteiger partial charge in [0.1, 0.15) is 35.4 Å². The summed E-state index contributed by atoms with van der Waals surface area (Å²) in [6.07, 6.45) is 0.235. The van der Waals surface area contributed by atoms with Crippen LogP contribution < -0.4 is 18.3 Å². The van der Waals surface area contributed by atoms with Crippen molar-refractivity contribution in [1.82, 2.24) is 0 Å². The molecular weight excluding hydrogens is 1310 g/mol. The average Bonchev–Trinajstić information content (AvgIpc) is 0.765. The molecule has 16 aromatic rings. The van der Waals surface area contributed by atoms with E-state index >= 15 is 0 Å². The molecule has 0 atom stereocenters. The highest BCUT2D eigenvalue weighted by Gasteiger charge is 2.27. The summed E-state index contributed by atoms with van der Waals surface area (Å²) in [4.78, 5) is 0. The summed E-state index contributed by atoms with van der Waals surface area (Å²) >= 11 is 0. The van der Waals surface area contributed by atoms with Crippen LogP contribution in [0.25, 0.3) is 133 Å². The first-order valence-electron chi connectivity index (χ1n) is 40.0. The van der Waals surface area contributed by atoms with Crippen LogP contribution in [0.5, 0.6) is 0 Å². The number of rotatable bonds is 9. The zero-order valence-electron chi connectivity index (χ0n) is 70.9. The van der Waals surface area contributed by atoms with E-state index < -0.39 is 0 Å². The lowest BCUT2D eigenvalue weighted by atomic mass is 9.87. The second-order valence-corrected chi connectivity index (χ2v) is 29.7. The Morgan fingerprint density at radius 2 is 0.667 bits per heavy atom. The van der Waals surface area contributed by atoms with Crippen molar-refractivity contribution in [2.45, 2.75) is 103 Å². The van der Waals surface area contributed by atoms with Gasteiger partial charge in [0.15, 0.2) is 23.3 Å². The Morgan fingerprint density at radius 3 is 1.11 bits per heavy atom. The maximum absolute atomic E-state index is 14.8. The Bertz CT molecular complexity index is 6390. The van der Waals surface area contributed by atoms with E-state index in [-0.39, 0.29) is 18.0 Å². The number of hydrogen-bond acceptors (Lipinski definition) is 0. The van der Waals surface area contributed by atoms with Crippen molar-refractivity contribution in [2.24, 2.45) is 28.2 Å². The summed E-state index contributed by atoms with van der Waals surface area (Å²) in [6.45, 7) is 29.4. The number of pyridine rings is 4. The fourth-order valence-corrected chi connectivity index (χ4v) is 15.2. The fraction of sp³-hybridized carbons (Fsp3) is 0.184. The highest BCUT2D eigenvalue weighted by molar-refractivity contribution is 5.99. The highest BCUT2D eigenvalue weighted by atomic mass is 19.1. The maximum atomic E-state index is 14.8. The van der Waals surface area contributed by atoms with Crippen molar-refractivity contribution in [3.05, 3.63) is 358 Å². The van der Waals surface area contributed by atoms with Crippen LogP contribution in [0.4, 0.5) is 4.39 Å². The normalized spacial score (nSPS) is 11.8. The number of hydrogen-bond donors (Lipinski definition) is 0. The largest absolute Gasteiger partial charge is 0.220 e. The zero-order valence-corrected chi connectivity index (χ0v) is 65.9. The monoisotopic (exact) mass is 1420 g/mol. The molecule has 0 saturated carbocycles. The van der Waals surface area contributed by atoms with Crippen LogP contribution in [-0.4, -0.2) is 0 Å². The molecule has 108 heavy (non-hydrogen) atoms. The third-order valence-corrected chi connectivity index (χ3v) is 21.6. The van der Waals surface area contributed by atoms with E-state index in [1.165, 1.54) is 94.8 Å². The van der Waals surface area contributed by atoms with Gasteiger partial charge in [0.25, 0.3) is 0 Å². The Kier molecular flexibility index (Phi) is 20.0. The predicted octanol–water partition coefficient (Wildman–Crippen LogP) is 25.0. The van der Waals surface area contributed by atoms with Gasteiger partial charge in [0, 0.05) is 50.5 Å². The molecule has 0 fully saturated rings. The minimum atomic E-state index is -0.218. The van der Waals surface area contributed by atoms with E-state index in [2.05, 4.69) is 271 Å². The molecule has 0 aliphatic carbocycles. The SMILES string of the molecule is [2H]c1c(C)[n+](C)c(-c2cc(-c3ccccc3)c(F)cc2C)c2ccc(C)cc12.[2H]c1c(C)[n+](C)c(-c2cc(-c3ccccc3)cc(C)c2C)c2ccc(C)cc12.[2H]c1c(C)[n+](C)c(-c2cc(-c3ccccc3)ccc2C)c2ccc(C)cc12.[2H]c1c([2H])[n+](C)c(-c2cc(-c3ccccc3)cc(C(C)C)c2C)c2ccc(C)cc12. The van der Waals surface area contributed by atoms with Gasteiger partial charge in [-0.15, -0.1) is 0 Å². The van der Waals surface area contributed by atoms with E-state index in [1.54, 1.807) is 6.07 Å². The smallest absolute Gasteiger partial charge is 0.206 e. The summed E-state index contributed by atoms with van der Waals surface area (Å²) < 4.78 is 66.0. The lowest BCUT2D eigenvalue weighted by molar-refractivity contribution is -0.665. The van der Waals surface area contributed by atoms with E-state index in [9.17, 15) is 4.39 Å². The van der Waals surface area contributed by atoms with Crippen molar-refractivity contribution in [2.75, 3.05) is 0 Å². The van der Waals surface area contributed by atoms with Gasteiger partial charge in [-0.05, 0) is 217 Å². The number of aromatic nitrogens is 4. The molecule has 4 aromatic heterocycles. The van der Waals surface area contributed by atoms with Gasteiger partial charge in [0.05, 0.1) is 49.3 Å². The summed E-state index contributed by atoms with van der Waals surface area (Å²) in [6, 6.07) is 87.8. The average molecular weight is 1420 g/mol. The first-order valence-corrected chi connectivity index (χ1v) is 37.5. The molecule has 0 unspecified atom stereocenters. The molecule has 5 heteroatoms. The van der Waals surface area contributed by atoms with Crippen LogP contribution in [0.15, 0.2) is 279 Å². The van der Waals surface area contributed by atoms with Crippen LogP contribution in [0.1, 0.15) is 99.3 Å². The molecule has 0 bridgehead atoms. The number of fused-ring (bicyclic) bond motifs is 4. The Balaban J connectivity index is 0.000000132. The Hall–Kier alpha value is -11.8. The van der Waals surface area contributed by atoms with E-state index in [1.807, 2.05) is 115 Å². The van der Waals surface area contributed by atoms with Gasteiger partial charge in [-0.1, -0.05) is 230 Å². The van der Waals surface area contributed by atoms with Gasteiger partial charge < -0.3 is 0 Å². The molecule has 0 amide bonds. The van der Waals surface area contributed by atoms with Crippen molar-refractivity contribution in [1.29, 1.82) is 0 Å². The highest BCUT2D eigenvalue weighted by Crippen LogP contribution is 2.40. The number of benzene rings is 12. The zero-order chi connectivity index (χ0) is 80.7. The van der Waals surface area contributed by atoms with Gasteiger partial charge in [0.2, 0.25) is 22.8 Å². The molecule has 0 N–H and O–H groups in total. The van der Waals surface area contributed by atoms with Crippen LogP contribution in [-0.2, 0) is 28.2 Å². The molecule has 0 aliphatic heterocycles. The van der Waals surface area contributed by atoms with E-state index in [0.29, 0.717) is 29.6 Å². The number of nitrogens with zero attached hydrogens (tertiary/aromatic N) is 4. The Labute approximate surface area is 647 Å². The topological polar surface area (TPSA) is 15.5 Å². The second-order valence-electron chi connectivity index (χ2n) is 29.7. The molecule has 12 aromatic carbocycles. The third-order valence-electron chi connectivity index (χ3n) is 21.6. The fourth-order valence-electron chi connectivity index (χ4n) is 15.2. The van der Waals surface area contributed by atoms with Crippen LogP contribution in [0.3, 0.4) is 0 Å². The first kappa shape index (κ1) is 68.0. The Morgan fingerprint density at radius 1 is 0.296 bits per heavy atom. The van der Waals surface area contributed by atoms with Gasteiger partial charge >= 0.3 is 0 Å². The van der Waals surface area contributed by atoms with Gasteiger partial charge in [-0.25, -0.2) is 8.96 Å². The molecular formula is C103H101FN4+4. The summed E-state index contributed by atoms with van der Waals surface area (Å²) in [7, 11) is 8.02. The third kappa shape index (κ3) is 15.4. The quantitative estimate of drug-likeness (QED) is 0.128. The molecule has 0 saturated heterocycles. The van der Waals surface area contributed by atoms with Gasteiger partial charge in [-0.2, -0.15) is 13.7 Å². The molecule has 4 heterocycles. The molecule has 0 aliphatic rings. The summed E-state index contributed by atoms with van der Waals surface area (Å²) in [5, 5.41) is 8.10. The first-order chi connectivity index (χ1) is 54.0. The standard InChI is InChI=1S/C27H28N.C26H26N.C25H23FN.C25H24N/c1-18(2)25-16-23(21-9-7-6-8-10-21)17-26(20(25)4)27-24-12-11-19(3)15-22(24)13-14-28(27)5;1-17-11-12-24-23(13-17)15-19(3)27(5)26(24)25-16-22(14-18(2)20(25)4)21-9-7-6-8-10-21;1-16-10-11-21-20(12-16)14-18(3)27(4)25(21)22-15-23(24(26)13-17(22)2)19-8-6-5-7-9-19;1-17-10-13-23-22(14-17)15-19(3)26(4)25(23)24-16-21(12-11-18(24)2)20-8-6-5-7-9-20/h6-18H,1-5H3;6-16H,1-5H3;5-15H,1-4H3;5-16H,1-4H3/q4*+1/i13D,14D;15D;14D;15D. The van der Waals surface area contributed by atoms with Crippen molar-refractivity contribution < 1.29 is 29.5 Å². The van der Waals surface area contributed by atoms with Crippen LogP contribution in [0, 0.1) is 88.9 Å². The summed E-state index contributed by atoms with van der Waals surface area (Å²) in [5.74, 6) is 0.168. The lowest BCUT2D eigenvalue weighted by Crippen LogP contribution is -2.35. The van der Waals surface area contributed by atoms with Crippen molar-refractivity contribution in [3.63, 3.8) is 0 Å². The molecule has 536 valence electrons. The molecule has 4 nitrogen and oxygen atoms in total. The number of aryl methyl sites for hydroxylation is 7. The lowest BCUT2D eigenvalue weighted by Gasteiger charge is -2.17. The van der Waals surface area contributed by atoms with Crippen LogP contribution >= 0.6 is 0 Å². The van der Waals surface area contributed by atoms with Gasteiger partial charge in [-0.3, -0.25) is 0 Å².